The fourth-order valence-corrected chi connectivity index (χ4v) is 9.12. The lowest BCUT2D eigenvalue weighted by Crippen LogP contribution is -2.46. The maximum Gasteiger partial charge on any atom is 0.268 e. The molecule has 9 heteroatoms. The van der Waals surface area contributed by atoms with Crippen molar-refractivity contribution < 1.29 is 32.9 Å². The van der Waals surface area contributed by atoms with Crippen molar-refractivity contribution in [2.24, 2.45) is 0 Å². The third-order valence-electron chi connectivity index (χ3n) is 13.0. The first-order chi connectivity index (χ1) is 34.0. The minimum Gasteiger partial charge on any atom is -0.756 e. The van der Waals surface area contributed by atoms with Crippen LogP contribution >= 0.6 is 7.82 Å². The Morgan fingerprint density at radius 1 is 0.514 bits per heavy atom. The Morgan fingerprint density at radius 3 is 1.24 bits per heavy atom. The molecule has 0 rings (SSSR count). The first-order valence-corrected chi connectivity index (χ1v) is 30.7. The van der Waals surface area contributed by atoms with Crippen LogP contribution in [0.5, 0.6) is 0 Å². The van der Waals surface area contributed by atoms with E-state index >= 15 is 0 Å². The molecular weight excluding hydrogens is 888 g/mol. The summed E-state index contributed by atoms with van der Waals surface area (Å²) >= 11 is 0. The topological polar surface area (TPSA) is 108 Å². The van der Waals surface area contributed by atoms with Crippen LogP contribution in [-0.2, 0) is 18.4 Å². The van der Waals surface area contributed by atoms with E-state index < -0.39 is 20.0 Å². The smallest absolute Gasteiger partial charge is 0.268 e. The summed E-state index contributed by atoms with van der Waals surface area (Å²) in [6.45, 7) is 4.59. The number of amides is 1. The summed E-state index contributed by atoms with van der Waals surface area (Å²) in [5.74, 6) is -0.206. The van der Waals surface area contributed by atoms with Crippen molar-refractivity contribution in [2.45, 2.75) is 270 Å². The summed E-state index contributed by atoms with van der Waals surface area (Å²) in [5, 5.41) is 14.0. The van der Waals surface area contributed by atoms with Crippen LogP contribution in [0.1, 0.15) is 258 Å². The van der Waals surface area contributed by atoms with E-state index in [-0.39, 0.29) is 19.1 Å². The van der Waals surface area contributed by atoms with Crippen LogP contribution in [0.2, 0.25) is 0 Å². The molecule has 2 N–H and O–H groups in total. The Hall–Kier alpha value is -2.06. The lowest BCUT2D eigenvalue weighted by atomic mass is 10.0. The van der Waals surface area contributed by atoms with Crippen molar-refractivity contribution in [3.63, 3.8) is 0 Å². The lowest BCUT2D eigenvalue weighted by molar-refractivity contribution is -0.870. The van der Waals surface area contributed by atoms with E-state index in [2.05, 4.69) is 92.1 Å². The standard InChI is InChI=1S/C61H113N2O6P/c1-6-8-10-12-14-16-18-20-22-24-26-28-29-30-31-32-33-35-36-38-40-42-44-46-48-50-52-54-60(64)59(58-69-70(66,67)68-57-56-63(3,4)5)62-61(65)55-53-51-49-47-45-43-41-39-37-34-27-25-23-21-19-17-15-13-11-9-7-2/h9,11,15,17,21,23,27,34,39,41,45,47,59-60,64H,6-8,10,12-14,16,18-20,22,24-26,28-33,35-38,40,42-44,46,48-58H2,1-5H3,(H-,62,65,66,67)/b11-9-,17-15-,23-21-,34-27-,41-39-,47-45-. The summed E-state index contributed by atoms with van der Waals surface area (Å²) in [7, 11) is 1.27. The maximum atomic E-state index is 13.0. The Morgan fingerprint density at radius 2 is 0.871 bits per heavy atom. The highest BCUT2D eigenvalue weighted by Crippen LogP contribution is 2.38. The van der Waals surface area contributed by atoms with Crippen molar-refractivity contribution in [2.75, 3.05) is 40.9 Å². The Kier molecular flexibility index (Phi) is 50.3. The number of phosphoric acid groups is 1. The number of rotatable bonds is 53. The second kappa shape index (κ2) is 51.8. The first-order valence-electron chi connectivity index (χ1n) is 29.3. The predicted molar refractivity (Wildman–Crippen MR) is 302 cm³/mol. The molecule has 0 heterocycles. The van der Waals surface area contributed by atoms with Gasteiger partial charge in [-0.25, -0.2) is 0 Å². The number of carbonyl (C=O) groups excluding carboxylic acids is 1. The van der Waals surface area contributed by atoms with Gasteiger partial charge in [-0.3, -0.25) is 9.36 Å². The van der Waals surface area contributed by atoms with E-state index in [1.807, 2.05) is 21.1 Å². The number of hydrogen-bond acceptors (Lipinski definition) is 6. The van der Waals surface area contributed by atoms with Gasteiger partial charge < -0.3 is 28.8 Å². The molecule has 8 nitrogen and oxygen atoms in total. The molecule has 1 amide bonds. The monoisotopic (exact) mass is 1000 g/mol. The number of nitrogens with zero attached hydrogens (tertiary/aromatic N) is 1. The molecule has 0 aromatic heterocycles. The average Bonchev–Trinajstić information content (AvgIpc) is 3.32. The average molecular weight is 1000 g/mol. The van der Waals surface area contributed by atoms with Gasteiger partial charge in [0.25, 0.3) is 7.82 Å². The van der Waals surface area contributed by atoms with Crippen molar-refractivity contribution in [1.29, 1.82) is 0 Å². The molecule has 0 saturated carbocycles. The number of phosphoric ester groups is 1. The number of aliphatic hydroxyl groups is 1. The minimum atomic E-state index is -4.59. The SMILES string of the molecule is CC/C=C\C/C=C\C/C=C\C/C=C\C/C=C\C/C=C\CCCCC(=O)NC(COP(=O)([O-])OCC[N+](C)(C)C)C(O)CCCCCCCCCCCCCCCCCCCCCCCCCCCCC. The van der Waals surface area contributed by atoms with E-state index in [1.54, 1.807) is 0 Å². The van der Waals surface area contributed by atoms with Crippen LogP contribution in [-0.4, -0.2) is 68.5 Å². The number of unbranched alkanes of at least 4 members (excludes halogenated alkanes) is 28. The van der Waals surface area contributed by atoms with Gasteiger partial charge in [0.1, 0.15) is 13.2 Å². The van der Waals surface area contributed by atoms with E-state index in [0.717, 1.165) is 70.6 Å². The minimum absolute atomic E-state index is 0.000231. The zero-order valence-electron chi connectivity index (χ0n) is 46.5. The molecule has 0 fully saturated rings. The quantitative estimate of drug-likeness (QED) is 0.0272. The predicted octanol–water partition coefficient (Wildman–Crippen LogP) is 17.2. The fourth-order valence-electron chi connectivity index (χ4n) is 8.40. The highest BCUT2D eigenvalue weighted by Gasteiger charge is 2.24. The van der Waals surface area contributed by atoms with Gasteiger partial charge in [0.2, 0.25) is 5.91 Å². The van der Waals surface area contributed by atoms with Crippen molar-refractivity contribution in [3.8, 4) is 0 Å². The molecule has 0 radical (unpaired) electrons. The zero-order valence-corrected chi connectivity index (χ0v) is 47.4. The van der Waals surface area contributed by atoms with Gasteiger partial charge in [-0.1, -0.05) is 260 Å². The highest BCUT2D eigenvalue weighted by atomic mass is 31.2. The molecule has 3 atom stereocenters. The van der Waals surface area contributed by atoms with Crippen molar-refractivity contribution in [3.05, 3.63) is 72.9 Å². The molecule has 408 valence electrons. The largest absolute Gasteiger partial charge is 0.756 e. The molecular formula is C61H113N2O6P. The second-order valence-corrected chi connectivity index (χ2v) is 22.4. The Bertz CT molecular complexity index is 1370. The summed E-state index contributed by atoms with van der Waals surface area (Å²) in [5.41, 5.74) is 0. The molecule has 0 aromatic rings. The summed E-state index contributed by atoms with van der Waals surface area (Å²) < 4.78 is 23.4. The lowest BCUT2D eigenvalue weighted by Gasteiger charge is -2.30. The van der Waals surface area contributed by atoms with Gasteiger partial charge >= 0.3 is 0 Å². The van der Waals surface area contributed by atoms with Crippen LogP contribution in [0.25, 0.3) is 0 Å². The normalized spacial score (nSPS) is 14.4. The molecule has 0 aliphatic rings. The number of quaternary nitrogens is 1. The number of carbonyl (C=O) groups is 1. The number of hydrogen-bond donors (Lipinski definition) is 2. The number of allylic oxidation sites excluding steroid dienone is 12. The van der Waals surface area contributed by atoms with Crippen molar-refractivity contribution in [1.82, 2.24) is 5.32 Å². The zero-order chi connectivity index (χ0) is 51.3. The van der Waals surface area contributed by atoms with Crippen LogP contribution in [0.4, 0.5) is 0 Å². The van der Waals surface area contributed by atoms with Gasteiger partial charge in [-0.05, 0) is 64.2 Å². The highest BCUT2D eigenvalue weighted by molar-refractivity contribution is 7.45. The molecule has 3 unspecified atom stereocenters. The van der Waals surface area contributed by atoms with Crippen LogP contribution < -0.4 is 10.2 Å². The molecule has 0 aromatic carbocycles. The Balaban J connectivity index is 4.22. The summed E-state index contributed by atoms with van der Waals surface area (Å²) in [6, 6.07) is -0.829. The first kappa shape index (κ1) is 67.9. The molecule has 0 bridgehead atoms. The molecule has 70 heavy (non-hydrogen) atoms. The van der Waals surface area contributed by atoms with Crippen LogP contribution in [0.15, 0.2) is 72.9 Å². The maximum absolute atomic E-state index is 13.0. The molecule has 0 aliphatic heterocycles. The van der Waals surface area contributed by atoms with E-state index in [0.29, 0.717) is 30.3 Å². The van der Waals surface area contributed by atoms with Gasteiger partial charge in [0, 0.05) is 6.42 Å². The number of nitrogens with one attached hydrogen (secondary N) is 1. The molecule has 0 aliphatic carbocycles. The van der Waals surface area contributed by atoms with E-state index in [4.69, 9.17) is 9.05 Å². The fraction of sp³-hybridized carbons (Fsp3) is 0.787. The van der Waals surface area contributed by atoms with Crippen LogP contribution in [0, 0.1) is 0 Å². The molecule has 0 saturated heterocycles. The third kappa shape index (κ3) is 53.7. The van der Waals surface area contributed by atoms with Crippen molar-refractivity contribution >= 4 is 13.7 Å². The van der Waals surface area contributed by atoms with E-state index in [1.165, 1.54) is 154 Å². The summed E-state index contributed by atoms with van der Waals surface area (Å²) in [6.07, 6.45) is 70.9. The van der Waals surface area contributed by atoms with Gasteiger partial charge in [-0.2, -0.15) is 0 Å². The van der Waals surface area contributed by atoms with Gasteiger partial charge in [-0.15, -0.1) is 0 Å². The van der Waals surface area contributed by atoms with Gasteiger partial charge in [0.05, 0.1) is 39.9 Å². The van der Waals surface area contributed by atoms with Gasteiger partial charge in [0.15, 0.2) is 0 Å². The number of aliphatic hydroxyl groups excluding tert-OH is 1. The second-order valence-electron chi connectivity index (χ2n) is 21.0. The van der Waals surface area contributed by atoms with Crippen LogP contribution in [0.3, 0.4) is 0 Å². The molecule has 0 spiro atoms. The number of likely N-dealkylation sites (N-methyl/N-ethyl adjacent to an activating group) is 1. The third-order valence-corrected chi connectivity index (χ3v) is 13.9. The van der Waals surface area contributed by atoms with E-state index in [9.17, 15) is 19.4 Å². The Labute approximate surface area is 434 Å². The summed E-state index contributed by atoms with van der Waals surface area (Å²) in [4.78, 5) is 25.5.